The lowest BCUT2D eigenvalue weighted by Gasteiger charge is -2.25. The van der Waals surface area contributed by atoms with E-state index >= 15 is 0 Å². The van der Waals surface area contributed by atoms with Crippen molar-refractivity contribution in [2.75, 3.05) is 0 Å². The summed E-state index contributed by atoms with van der Waals surface area (Å²) in [4.78, 5) is 0. The predicted octanol–water partition coefficient (Wildman–Crippen LogP) is 0.756. The maximum absolute atomic E-state index is 11.3. The van der Waals surface area contributed by atoms with Crippen LogP contribution >= 0.6 is 0 Å². The highest BCUT2D eigenvalue weighted by atomic mass is 32.2. The van der Waals surface area contributed by atoms with Gasteiger partial charge in [-0.1, -0.05) is 20.3 Å². The van der Waals surface area contributed by atoms with Crippen molar-refractivity contribution in [2.24, 2.45) is 17.6 Å². The van der Waals surface area contributed by atoms with Gasteiger partial charge in [0, 0.05) is 13.0 Å². The maximum Gasteiger partial charge on any atom is 0.273 e. The van der Waals surface area contributed by atoms with E-state index < -0.39 is 10.0 Å². The molecule has 1 aliphatic carbocycles. The van der Waals surface area contributed by atoms with Crippen LogP contribution in [-0.4, -0.2) is 23.2 Å². The first kappa shape index (κ1) is 12.5. The summed E-state index contributed by atoms with van der Waals surface area (Å²) in [5.41, 5.74) is 0.135. The van der Waals surface area contributed by atoms with E-state index in [0.717, 1.165) is 25.1 Å². The van der Waals surface area contributed by atoms with Crippen molar-refractivity contribution >= 4 is 10.0 Å². The number of rotatable bonds is 2. The van der Waals surface area contributed by atoms with E-state index in [2.05, 4.69) is 24.0 Å². The smallest absolute Gasteiger partial charge is 0.273 e. The molecule has 0 aliphatic heterocycles. The second kappa shape index (κ2) is 3.78. The van der Waals surface area contributed by atoms with Crippen molar-refractivity contribution in [1.82, 2.24) is 14.8 Å². The number of nitrogens with zero attached hydrogens (tertiary/aromatic N) is 3. The highest BCUT2D eigenvalue weighted by Crippen LogP contribution is 2.48. The first-order valence-electron chi connectivity index (χ1n) is 5.65. The Kier molecular flexibility index (Phi) is 2.78. The Bertz CT molecular complexity index is 533. The quantitative estimate of drug-likeness (QED) is 0.847. The average molecular weight is 258 g/mol. The molecule has 1 aliphatic rings. The van der Waals surface area contributed by atoms with Crippen LogP contribution in [0.1, 0.15) is 44.9 Å². The summed E-state index contributed by atoms with van der Waals surface area (Å²) in [5, 5.41) is 12.6. The molecule has 1 heterocycles. The third-order valence-corrected chi connectivity index (χ3v) is 4.56. The highest BCUT2D eigenvalue weighted by Gasteiger charge is 2.39. The molecular formula is C10H18N4O2S. The van der Waals surface area contributed by atoms with Gasteiger partial charge in [-0.2, -0.15) is 0 Å². The number of primary sulfonamides is 1. The maximum atomic E-state index is 11.3. The molecule has 0 radical (unpaired) electrons. The van der Waals surface area contributed by atoms with Gasteiger partial charge in [0.05, 0.1) is 0 Å². The van der Waals surface area contributed by atoms with E-state index in [9.17, 15) is 8.42 Å². The van der Waals surface area contributed by atoms with Gasteiger partial charge in [0.25, 0.3) is 15.2 Å². The Hall–Kier alpha value is -0.950. The van der Waals surface area contributed by atoms with Gasteiger partial charge >= 0.3 is 0 Å². The molecule has 0 aromatic carbocycles. The number of hydrogen-bond acceptors (Lipinski definition) is 4. The Balaban J connectivity index is 2.46. The van der Waals surface area contributed by atoms with Gasteiger partial charge in [0.2, 0.25) is 0 Å². The molecule has 1 saturated carbocycles. The van der Waals surface area contributed by atoms with Crippen LogP contribution in [0.4, 0.5) is 0 Å². The van der Waals surface area contributed by atoms with Crippen LogP contribution in [0.3, 0.4) is 0 Å². The van der Waals surface area contributed by atoms with E-state index in [1.54, 1.807) is 7.05 Å². The summed E-state index contributed by atoms with van der Waals surface area (Å²) in [6, 6.07) is 0. The van der Waals surface area contributed by atoms with E-state index in [1.807, 2.05) is 0 Å². The lowest BCUT2D eigenvalue weighted by atomic mass is 9.81. The zero-order valence-electron chi connectivity index (χ0n) is 10.3. The number of aromatic nitrogens is 3. The fourth-order valence-electron chi connectivity index (χ4n) is 2.68. The summed E-state index contributed by atoms with van der Waals surface area (Å²) < 4.78 is 24.1. The number of sulfonamides is 1. The van der Waals surface area contributed by atoms with Gasteiger partial charge in [-0.15, -0.1) is 10.2 Å². The molecule has 7 heteroatoms. The van der Waals surface area contributed by atoms with E-state index in [-0.39, 0.29) is 16.5 Å². The molecule has 0 spiro atoms. The molecule has 1 aromatic rings. The average Bonchev–Trinajstić information content (AvgIpc) is 2.67. The summed E-state index contributed by atoms with van der Waals surface area (Å²) in [7, 11) is -2.13. The molecule has 1 fully saturated rings. The number of nitrogens with two attached hydrogens (primary N) is 1. The standard InChI is InChI=1S/C10H18N4O2S/c1-10(2)6-4-5-7(10)8-12-13-9(14(8)3)17(11,15)16/h7H,4-6H2,1-3H3,(H2,11,15,16). The molecule has 0 bridgehead atoms. The van der Waals surface area contributed by atoms with Crippen LogP contribution in [0.2, 0.25) is 0 Å². The topological polar surface area (TPSA) is 90.9 Å². The van der Waals surface area contributed by atoms with Gasteiger partial charge < -0.3 is 4.57 Å². The first-order chi connectivity index (χ1) is 7.73. The Morgan fingerprint density at radius 1 is 1.41 bits per heavy atom. The summed E-state index contributed by atoms with van der Waals surface area (Å²) in [6.45, 7) is 4.35. The van der Waals surface area contributed by atoms with Gasteiger partial charge in [-0.05, 0) is 18.3 Å². The Morgan fingerprint density at radius 3 is 2.47 bits per heavy atom. The minimum absolute atomic E-state index is 0.135. The molecule has 0 saturated heterocycles. The lowest BCUT2D eigenvalue weighted by molar-refractivity contribution is 0.316. The van der Waals surface area contributed by atoms with Crippen LogP contribution in [0.25, 0.3) is 0 Å². The predicted molar refractivity (Wildman–Crippen MR) is 62.7 cm³/mol. The molecule has 2 N–H and O–H groups in total. The molecule has 2 rings (SSSR count). The molecule has 96 valence electrons. The van der Waals surface area contributed by atoms with Gasteiger partial charge in [-0.3, -0.25) is 0 Å². The Labute approximate surface area is 101 Å². The third kappa shape index (κ3) is 2.09. The van der Waals surface area contributed by atoms with Crippen LogP contribution in [0.5, 0.6) is 0 Å². The third-order valence-electron chi connectivity index (χ3n) is 3.69. The minimum Gasteiger partial charge on any atom is -0.304 e. The highest BCUT2D eigenvalue weighted by molar-refractivity contribution is 7.89. The summed E-state index contributed by atoms with van der Waals surface area (Å²) in [5.74, 6) is 0.965. The van der Waals surface area contributed by atoms with Crippen LogP contribution < -0.4 is 5.14 Å². The van der Waals surface area contributed by atoms with E-state index in [0.29, 0.717) is 0 Å². The SMILES string of the molecule is Cn1c(C2CCCC2(C)C)nnc1S(N)(=O)=O. The fraction of sp³-hybridized carbons (Fsp3) is 0.800. The van der Waals surface area contributed by atoms with E-state index in [4.69, 9.17) is 5.14 Å². The monoisotopic (exact) mass is 258 g/mol. The normalized spacial score (nSPS) is 24.1. The van der Waals surface area contributed by atoms with Crippen molar-refractivity contribution in [3.63, 3.8) is 0 Å². The fourth-order valence-corrected chi connectivity index (χ4v) is 3.31. The van der Waals surface area contributed by atoms with Gasteiger partial charge in [-0.25, -0.2) is 13.6 Å². The number of hydrogen-bond donors (Lipinski definition) is 1. The Morgan fingerprint density at radius 2 is 2.06 bits per heavy atom. The van der Waals surface area contributed by atoms with Crippen molar-refractivity contribution in [2.45, 2.75) is 44.2 Å². The summed E-state index contributed by atoms with van der Waals surface area (Å²) >= 11 is 0. The molecule has 1 unspecified atom stereocenters. The van der Waals surface area contributed by atoms with Gasteiger partial charge in [0.1, 0.15) is 5.82 Å². The molecule has 1 aromatic heterocycles. The largest absolute Gasteiger partial charge is 0.304 e. The van der Waals surface area contributed by atoms with Crippen LogP contribution in [0.15, 0.2) is 5.16 Å². The second-order valence-corrected chi connectivity index (χ2v) is 6.83. The molecule has 17 heavy (non-hydrogen) atoms. The van der Waals surface area contributed by atoms with Crippen molar-refractivity contribution in [3.05, 3.63) is 5.82 Å². The first-order valence-corrected chi connectivity index (χ1v) is 7.20. The van der Waals surface area contributed by atoms with Gasteiger partial charge in [0.15, 0.2) is 0 Å². The van der Waals surface area contributed by atoms with E-state index in [1.165, 1.54) is 4.57 Å². The lowest BCUT2D eigenvalue weighted by Crippen LogP contribution is -2.21. The van der Waals surface area contributed by atoms with Crippen LogP contribution in [0, 0.1) is 5.41 Å². The van der Waals surface area contributed by atoms with Crippen molar-refractivity contribution in [1.29, 1.82) is 0 Å². The minimum atomic E-state index is -3.79. The molecule has 6 nitrogen and oxygen atoms in total. The summed E-state index contributed by atoms with van der Waals surface area (Å²) in [6.07, 6.45) is 3.27. The zero-order chi connectivity index (χ0) is 12.8. The molecule has 1 atom stereocenters. The zero-order valence-corrected chi connectivity index (χ0v) is 11.2. The van der Waals surface area contributed by atoms with Crippen molar-refractivity contribution in [3.8, 4) is 0 Å². The molecular weight excluding hydrogens is 240 g/mol. The van der Waals surface area contributed by atoms with Crippen LogP contribution in [-0.2, 0) is 17.1 Å². The molecule has 0 amide bonds. The second-order valence-electron chi connectivity index (χ2n) is 5.38. The van der Waals surface area contributed by atoms with Crippen molar-refractivity contribution < 1.29 is 8.42 Å².